The summed E-state index contributed by atoms with van der Waals surface area (Å²) in [5, 5.41) is 2.90. The lowest BCUT2D eigenvalue weighted by Gasteiger charge is -2.35. The molecule has 1 aromatic rings. The summed E-state index contributed by atoms with van der Waals surface area (Å²) in [6, 6.07) is 3.89. The standard InChI is InChI=1S/C21H32N2O4/c1-14(2)7-9-22-19(24)21(3,4)20(25)23-10-8-15-11-17(26-5)18(27-6)12-16(15)13-23/h11-12,14H,7-10,13H2,1-6H3,(H,22,24). The highest BCUT2D eigenvalue weighted by Gasteiger charge is 2.40. The van der Waals surface area contributed by atoms with E-state index in [9.17, 15) is 9.59 Å². The van der Waals surface area contributed by atoms with Gasteiger partial charge in [0.2, 0.25) is 11.8 Å². The molecule has 6 nitrogen and oxygen atoms in total. The first-order chi connectivity index (χ1) is 12.7. The van der Waals surface area contributed by atoms with Crippen molar-refractivity contribution in [3.8, 4) is 11.5 Å². The van der Waals surface area contributed by atoms with Crippen LogP contribution in [0.3, 0.4) is 0 Å². The summed E-state index contributed by atoms with van der Waals surface area (Å²) in [5.41, 5.74) is 1.09. The third-order valence-electron chi connectivity index (χ3n) is 5.11. The summed E-state index contributed by atoms with van der Waals surface area (Å²) < 4.78 is 10.7. The number of ether oxygens (including phenoxy) is 2. The van der Waals surface area contributed by atoms with Crippen LogP contribution in [0.15, 0.2) is 12.1 Å². The SMILES string of the molecule is COc1cc2c(cc1OC)CN(C(=O)C(C)(C)C(=O)NCCC(C)C)CC2. The Morgan fingerprint density at radius 3 is 2.30 bits per heavy atom. The lowest BCUT2D eigenvalue weighted by Crippen LogP contribution is -2.50. The quantitative estimate of drug-likeness (QED) is 0.743. The molecule has 1 N–H and O–H groups in total. The van der Waals surface area contributed by atoms with Gasteiger partial charge in [0.25, 0.3) is 0 Å². The molecule has 0 saturated heterocycles. The van der Waals surface area contributed by atoms with Crippen molar-refractivity contribution in [2.45, 2.75) is 47.1 Å². The predicted octanol–water partition coefficient (Wildman–Crippen LogP) is 2.78. The van der Waals surface area contributed by atoms with E-state index in [0.717, 1.165) is 24.0 Å². The summed E-state index contributed by atoms with van der Waals surface area (Å²) in [6.45, 7) is 9.26. The van der Waals surface area contributed by atoms with Gasteiger partial charge in [0.1, 0.15) is 5.41 Å². The molecule has 2 rings (SSSR count). The number of fused-ring (bicyclic) bond motifs is 1. The molecule has 1 aliphatic heterocycles. The molecule has 0 aromatic heterocycles. The minimum Gasteiger partial charge on any atom is -0.493 e. The van der Waals surface area contributed by atoms with E-state index in [1.54, 1.807) is 33.0 Å². The van der Waals surface area contributed by atoms with Gasteiger partial charge < -0.3 is 19.7 Å². The zero-order chi connectivity index (χ0) is 20.2. The van der Waals surface area contributed by atoms with Crippen LogP contribution >= 0.6 is 0 Å². The smallest absolute Gasteiger partial charge is 0.238 e. The van der Waals surface area contributed by atoms with Crippen LogP contribution in [0.1, 0.15) is 45.2 Å². The average molecular weight is 376 g/mol. The van der Waals surface area contributed by atoms with Crippen LogP contribution < -0.4 is 14.8 Å². The summed E-state index contributed by atoms with van der Waals surface area (Å²) in [7, 11) is 3.21. The van der Waals surface area contributed by atoms with Gasteiger partial charge in [0.05, 0.1) is 14.2 Å². The molecule has 0 fully saturated rings. The Bertz CT molecular complexity index is 698. The highest BCUT2D eigenvalue weighted by atomic mass is 16.5. The van der Waals surface area contributed by atoms with Crippen LogP contribution in [-0.2, 0) is 22.6 Å². The fourth-order valence-electron chi connectivity index (χ4n) is 3.24. The third kappa shape index (κ3) is 4.73. The van der Waals surface area contributed by atoms with Crippen molar-refractivity contribution < 1.29 is 19.1 Å². The number of hydrogen-bond donors (Lipinski definition) is 1. The first-order valence-corrected chi connectivity index (χ1v) is 9.52. The first kappa shape index (κ1) is 21.1. The Kier molecular flexibility index (Phi) is 6.73. The normalized spacial score (nSPS) is 14.0. The third-order valence-corrected chi connectivity index (χ3v) is 5.11. The second-order valence-corrected chi connectivity index (χ2v) is 8.02. The van der Waals surface area contributed by atoms with E-state index >= 15 is 0 Å². The van der Waals surface area contributed by atoms with E-state index in [1.165, 1.54) is 0 Å². The second-order valence-electron chi connectivity index (χ2n) is 8.02. The molecule has 2 amide bonds. The fraction of sp³-hybridized carbons (Fsp3) is 0.619. The first-order valence-electron chi connectivity index (χ1n) is 9.52. The summed E-state index contributed by atoms with van der Waals surface area (Å²) in [6.07, 6.45) is 1.63. The molecule has 6 heteroatoms. The molecule has 0 aliphatic carbocycles. The van der Waals surface area contributed by atoms with Gasteiger partial charge in [-0.05, 0) is 55.9 Å². The molecule has 1 heterocycles. The Labute approximate surface area is 162 Å². The summed E-state index contributed by atoms with van der Waals surface area (Å²) in [5.74, 6) is 1.49. The molecule has 0 unspecified atom stereocenters. The fourth-order valence-corrected chi connectivity index (χ4v) is 3.24. The van der Waals surface area contributed by atoms with Gasteiger partial charge in [-0.1, -0.05) is 13.8 Å². The summed E-state index contributed by atoms with van der Waals surface area (Å²) in [4.78, 5) is 27.4. The minimum absolute atomic E-state index is 0.148. The van der Waals surface area contributed by atoms with Crippen molar-refractivity contribution in [1.29, 1.82) is 0 Å². The van der Waals surface area contributed by atoms with E-state index in [-0.39, 0.29) is 11.8 Å². The Hall–Kier alpha value is -2.24. The maximum atomic E-state index is 13.1. The van der Waals surface area contributed by atoms with Gasteiger partial charge in [0.15, 0.2) is 11.5 Å². The molecule has 150 valence electrons. The molecule has 0 saturated carbocycles. The number of nitrogens with zero attached hydrogens (tertiary/aromatic N) is 1. The number of methoxy groups -OCH3 is 2. The van der Waals surface area contributed by atoms with E-state index in [2.05, 4.69) is 19.2 Å². The van der Waals surface area contributed by atoms with Crippen LogP contribution in [0.5, 0.6) is 11.5 Å². The number of amides is 2. The van der Waals surface area contributed by atoms with E-state index in [4.69, 9.17) is 9.47 Å². The zero-order valence-corrected chi connectivity index (χ0v) is 17.3. The van der Waals surface area contributed by atoms with Gasteiger partial charge in [-0.3, -0.25) is 9.59 Å². The topological polar surface area (TPSA) is 67.9 Å². The molecule has 0 spiro atoms. The van der Waals surface area contributed by atoms with Crippen molar-refractivity contribution >= 4 is 11.8 Å². The lowest BCUT2D eigenvalue weighted by atomic mass is 9.88. The predicted molar refractivity (Wildman–Crippen MR) is 105 cm³/mol. The van der Waals surface area contributed by atoms with Crippen LogP contribution in [-0.4, -0.2) is 44.0 Å². The van der Waals surface area contributed by atoms with Gasteiger partial charge in [-0.15, -0.1) is 0 Å². The molecule has 0 atom stereocenters. The molecule has 1 aromatic carbocycles. The van der Waals surface area contributed by atoms with Crippen LogP contribution in [0.25, 0.3) is 0 Å². The maximum Gasteiger partial charge on any atom is 0.238 e. The highest BCUT2D eigenvalue weighted by molar-refractivity contribution is 6.04. The van der Waals surface area contributed by atoms with Gasteiger partial charge in [-0.2, -0.15) is 0 Å². The van der Waals surface area contributed by atoms with Gasteiger partial charge in [0, 0.05) is 19.6 Å². The van der Waals surface area contributed by atoms with Crippen LogP contribution in [0.4, 0.5) is 0 Å². The van der Waals surface area contributed by atoms with Crippen molar-refractivity contribution in [3.63, 3.8) is 0 Å². The molecule has 27 heavy (non-hydrogen) atoms. The second kappa shape index (κ2) is 8.63. The molecule has 0 bridgehead atoms. The van der Waals surface area contributed by atoms with E-state index < -0.39 is 5.41 Å². The number of carbonyl (C=O) groups is 2. The molecule has 1 aliphatic rings. The zero-order valence-electron chi connectivity index (χ0n) is 17.3. The van der Waals surface area contributed by atoms with E-state index in [1.807, 2.05) is 12.1 Å². The number of nitrogens with one attached hydrogen (secondary N) is 1. The van der Waals surface area contributed by atoms with Crippen molar-refractivity contribution in [2.24, 2.45) is 11.3 Å². The molecular formula is C21H32N2O4. The van der Waals surface area contributed by atoms with E-state index in [0.29, 0.717) is 37.1 Å². The number of carbonyl (C=O) groups excluding carboxylic acids is 2. The maximum absolute atomic E-state index is 13.1. The molecular weight excluding hydrogens is 344 g/mol. The monoisotopic (exact) mass is 376 g/mol. The van der Waals surface area contributed by atoms with Crippen LogP contribution in [0.2, 0.25) is 0 Å². The van der Waals surface area contributed by atoms with Crippen molar-refractivity contribution in [2.75, 3.05) is 27.3 Å². The van der Waals surface area contributed by atoms with Crippen LogP contribution in [0, 0.1) is 11.3 Å². The Morgan fingerprint density at radius 1 is 1.15 bits per heavy atom. The largest absolute Gasteiger partial charge is 0.493 e. The number of benzene rings is 1. The number of hydrogen-bond acceptors (Lipinski definition) is 4. The minimum atomic E-state index is -1.09. The lowest BCUT2D eigenvalue weighted by molar-refractivity contribution is -0.149. The number of rotatable bonds is 7. The average Bonchev–Trinajstić information content (AvgIpc) is 2.65. The van der Waals surface area contributed by atoms with Gasteiger partial charge in [-0.25, -0.2) is 0 Å². The molecule has 0 radical (unpaired) electrons. The Morgan fingerprint density at radius 2 is 1.74 bits per heavy atom. The van der Waals surface area contributed by atoms with Gasteiger partial charge >= 0.3 is 0 Å². The van der Waals surface area contributed by atoms with Crippen molar-refractivity contribution in [3.05, 3.63) is 23.3 Å². The highest BCUT2D eigenvalue weighted by Crippen LogP contribution is 2.34. The van der Waals surface area contributed by atoms with Crippen molar-refractivity contribution in [1.82, 2.24) is 10.2 Å². The Balaban J connectivity index is 2.10. The summed E-state index contributed by atoms with van der Waals surface area (Å²) >= 11 is 0.